The molecule has 25 heavy (non-hydrogen) atoms. The number of thioether (sulfide) groups is 1. The van der Waals surface area contributed by atoms with Crippen molar-refractivity contribution in [2.24, 2.45) is 0 Å². The smallest absolute Gasteiger partial charge is 0.460 e. The Labute approximate surface area is 145 Å². The number of alkyl halides is 9. The Balaban J connectivity index is 2.70. The maximum atomic E-state index is 13.3. The molecule has 12 heteroatoms. The van der Waals surface area contributed by atoms with E-state index in [1.165, 1.54) is 0 Å². The summed E-state index contributed by atoms with van der Waals surface area (Å²) in [6, 6.07) is 8.25. The number of halogens is 9. The van der Waals surface area contributed by atoms with Crippen molar-refractivity contribution in [3.8, 4) is 0 Å². The Morgan fingerprint density at radius 3 is 1.88 bits per heavy atom. The Hall–Kier alpha value is -1.17. The fourth-order valence-electron chi connectivity index (χ4n) is 1.46. The lowest BCUT2D eigenvalue weighted by atomic mass is 10.1. The molecule has 0 amide bonds. The lowest BCUT2D eigenvalue weighted by Crippen LogP contribution is -2.59. The second-order valence-corrected chi connectivity index (χ2v) is 6.32. The van der Waals surface area contributed by atoms with Crippen LogP contribution in [-0.2, 0) is 11.2 Å². The Bertz CT molecular complexity index is 587. The van der Waals surface area contributed by atoms with Crippen molar-refractivity contribution in [2.75, 3.05) is 6.61 Å². The molecule has 0 radical (unpaired) electrons. The molecular weight excluding hydrogens is 407 g/mol. The van der Waals surface area contributed by atoms with Gasteiger partial charge in [0, 0.05) is 18.2 Å². The molecule has 0 aromatic heterocycles. The molecule has 0 fully saturated rings. The van der Waals surface area contributed by atoms with Crippen LogP contribution in [0.5, 0.6) is 0 Å². The fourth-order valence-corrected chi connectivity index (χ4v) is 2.46. The first-order chi connectivity index (χ1) is 11.2. The number of ether oxygens (including phenoxy) is 1. The lowest BCUT2D eigenvalue weighted by molar-refractivity contribution is -0.381. The Kier molecular flexibility index (Phi) is 6.65. The second kappa shape index (κ2) is 7.60. The predicted molar refractivity (Wildman–Crippen MR) is 77.2 cm³/mol. The van der Waals surface area contributed by atoms with E-state index in [1.807, 2.05) is 0 Å². The van der Waals surface area contributed by atoms with Crippen LogP contribution in [0.4, 0.5) is 39.5 Å². The Morgan fingerprint density at radius 2 is 1.40 bits per heavy atom. The van der Waals surface area contributed by atoms with E-state index in [0.29, 0.717) is 5.56 Å². The summed E-state index contributed by atoms with van der Waals surface area (Å²) in [7, 11) is 0. The van der Waals surface area contributed by atoms with Gasteiger partial charge in [-0.1, -0.05) is 30.3 Å². The molecule has 0 unspecified atom stereocenters. The van der Waals surface area contributed by atoms with Crippen molar-refractivity contribution in [3.63, 3.8) is 0 Å². The first-order valence-electron chi connectivity index (χ1n) is 6.32. The van der Waals surface area contributed by atoms with Crippen LogP contribution < -0.4 is 0 Å². The van der Waals surface area contributed by atoms with Gasteiger partial charge in [-0.3, -0.25) is 0 Å². The molecule has 0 saturated heterocycles. The van der Waals surface area contributed by atoms with Crippen molar-refractivity contribution >= 4 is 28.4 Å². The van der Waals surface area contributed by atoms with Gasteiger partial charge in [-0.25, -0.2) is 0 Å². The molecular formula is C13H9F9OS2. The zero-order chi connectivity index (χ0) is 19.5. The van der Waals surface area contributed by atoms with Crippen LogP contribution in [0.25, 0.3) is 0 Å². The van der Waals surface area contributed by atoms with Crippen molar-refractivity contribution in [1.29, 1.82) is 0 Å². The van der Waals surface area contributed by atoms with Gasteiger partial charge in [-0.15, -0.1) is 0 Å². The van der Waals surface area contributed by atoms with E-state index >= 15 is 0 Å². The molecule has 142 valence electrons. The molecule has 1 aromatic rings. The molecule has 0 saturated carbocycles. The molecule has 1 aromatic carbocycles. The number of hydrogen-bond acceptors (Lipinski definition) is 3. The summed E-state index contributed by atoms with van der Waals surface area (Å²) in [6.45, 7) is -0.354. The summed E-state index contributed by atoms with van der Waals surface area (Å²) in [5, 5.41) is -5.84. The van der Waals surface area contributed by atoms with Crippen molar-refractivity contribution < 1.29 is 44.3 Å². The van der Waals surface area contributed by atoms with Crippen LogP contribution in [-0.4, -0.2) is 34.3 Å². The fraction of sp³-hybridized carbons (Fsp3) is 0.462. The highest BCUT2D eigenvalue weighted by Gasteiger charge is 2.82. The van der Waals surface area contributed by atoms with Crippen LogP contribution in [0.1, 0.15) is 5.56 Å². The van der Waals surface area contributed by atoms with Crippen molar-refractivity contribution in [2.45, 2.75) is 29.7 Å². The molecule has 0 bridgehead atoms. The highest BCUT2D eigenvalue weighted by molar-refractivity contribution is 8.23. The first kappa shape index (κ1) is 21.9. The molecule has 0 heterocycles. The van der Waals surface area contributed by atoms with Gasteiger partial charge in [-0.05, 0) is 17.8 Å². The molecule has 0 atom stereocenters. The van der Waals surface area contributed by atoms with Gasteiger partial charge < -0.3 is 4.74 Å². The van der Waals surface area contributed by atoms with Gasteiger partial charge in [-0.2, -0.15) is 39.5 Å². The van der Waals surface area contributed by atoms with E-state index in [4.69, 9.17) is 0 Å². The maximum absolute atomic E-state index is 13.3. The molecule has 1 nitrogen and oxygen atoms in total. The average molecular weight is 416 g/mol. The highest BCUT2D eigenvalue weighted by Crippen LogP contribution is 2.56. The molecule has 1 rings (SSSR count). The van der Waals surface area contributed by atoms with Gasteiger partial charge in [0.1, 0.15) is 0 Å². The third-order valence-electron chi connectivity index (χ3n) is 2.78. The van der Waals surface area contributed by atoms with Gasteiger partial charge in [0.15, 0.2) is 0 Å². The number of benzene rings is 1. The lowest BCUT2D eigenvalue weighted by Gasteiger charge is -2.32. The van der Waals surface area contributed by atoms with Gasteiger partial charge in [0.25, 0.3) is 0 Å². The van der Waals surface area contributed by atoms with E-state index in [2.05, 4.69) is 17.0 Å². The third kappa shape index (κ3) is 4.93. The van der Waals surface area contributed by atoms with Crippen LogP contribution in [0.3, 0.4) is 0 Å². The summed E-state index contributed by atoms with van der Waals surface area (Å²) in [5.74, 6) is -13.7. The molecule has 0 aliphatic carbocycles. The SMILES string of the molecule is FC(F)(F)C(F)(F)C(F)(F)C(F)(F)SC(=S)OCCc1ccccc1. The minimum Gasteiger partial charge on any atom is -0.478 e. The normalized spacial score (nSPS) is 13.6. The average Bonchev–Trinajstić information content (AvgIpc) is 2.46. The van der Waals surface area contributed by atoms with Gasteiger partial charge in [0.2, 0.25) is 4.38 Å². The molecule has 0 aliphatic rings. The van der Waals surface area contributed by atoms with E-state index in [-0.39, 0.29) is 13.0 Å². The second-order valence-electron chi connectivity index (χ2n) is 4.60. The maximum Gasteiger partial charge on any atom is 0.460 e. The van der Waals surface area contributed by atoms with E-state index in [0.717, 1.165) is 0 Å². The summed E-state index contributed by atoms with van der Waals surface area (Å²) in [5.41, 5.74) is 0.677. The van der Waals surface area contributed by atoms with Crippen LogP contribution in [0.2, 0.25) is 0 Å². The Morgan fingerprint density at radius 1 is 0.880 bits per heavy atom. The van der Waals surface area contributed by atoms with Crippen LogP contribution in [0, 0.1) is 0 Å². The summed E-state index contributed by atoms with van der Waals surface area (Å²) in [6.07, 6.45) is -6.74. The standard InChI is InChI=1S/C13H9F9OS2/c14-10(15,12(18,19)20)11(16,17)13(21,22)25-9(24)23-7-6-8-4-2-1-3-5-8/h1-5H,6-7H2. The van der Waals surface area contributed by atoms with Crippen LogP contribution >= 0.6 is 24.0 Å². The molecule has 0 aliphatic heterocycles. The quantitative estimate of drug-likeness (QED) is 0.436. The summed E-state index contributed by atoms with van der Waals surface area (Å²) < 4.78 is 117. The van der Waals surface area contributed by atoms with Crippen LogP contribution in [0.15, 0.2) is 30.3 Å². The van der Waals surface area contributed by atoms with Gasteiger partial charge >= 0.3 is 23.3 Å². The summed E-state index contributed by atoms with van der Waals surface area (Å²) in [4.78, 5) is 0. The number of thiocarbonyl (C=S) groups is 1. The molecule has 0 N–H and O–H groups in total. The number of rotatable bonds is 6. The predicted octanol–water partition coefficient (Wildman–Crippen LogP) is 5.69. The monoisotopic (exact) mass is 416 g/mol. The molecule has 0 spiro atoms. The minimum atomic E-state index is -6.95. The largest absolute Gasteiger partial charge is 0.478 e. The van der Waals surface area contributed by atoms with E-state index in [1.54, 1.807) is 30.3 Å². The number of hydrogen-bond donors (Lipinski definition) is 0. The van der Waals surface area contributed by atoms with Gasteiger partial charge in [0.05, 0.1) is 6.61 Å². The topological polar surface area (TPSA) is 9.23 Å². The zero-order valence-corrected chi connectivity index (χ0v) is 13.6. The highest BCUT2D eigenvalue weighted by atomic mass is 32.2. The van der Waals surface area contributed by atoms with Crippen molar-refractivity contribution in [3.05, 3.63) is 35.9 Å². The zero-order valence-electron chi connectivity index (χ0n) is 11.9. The summed E-state index contributed by atoms with van der Waals surface area (Å²) >= 11 is 2.84. The van der Waals surface area contributed by atoms with E-state index < -0.39 is 39.4 Å². The van der Waals surface area contributed by atoms with E-state index in [9.17, 15) is 39.5 Å². The first-order valence-corrected chi connectivity index (χ1v) is 7.54. The minimum absolute atomic E-state index is 0.127. The third-order valence-corrected chi connectivity index (χ3v) is 3.95. The van der Waals surface area contributed by atoms with Crippen molar-refractivity contribution in [1.82, 2.24) is 0 Å².